The van der Waals surface area contributed by atoms with Crippen LogP contribution in [0.4, 0.5) is 18.0 Å². The minimum atomic E-state index is -5.35. The number of rotatable bonds is 5. The SMILES string of the molecule is COc1ccc([C@@H]2NC(=O)N[C@](O)(C(F)(F)F)[C@H]2C(=O)c2ccc(Cl)cc2)cc1OC. The highest BCUT2D eigenvalue weighted by Gasteiger charge is 2.66. The van der Waals surface area contributed by atoms with Crippen molar-refractivity contribution in [2.75, 3.05) is 14.2 Å². The largest absolute Gasteiger partial charge is 0.493 e. The van der Waals surface area contributed by atoms with Crippen molar-refractivity contribution in [3.8, 4) is 11.5 Å². The molecule has 3 N–H and O–H groups in total. The van der Waals surface area contributed by atoms with Crippen LogP contribution in [0.1, 0.15) is 22.0 Å². The molecule has 1 aliphatic heterocycles. The molecule has 31 heavy (non-hydrogen) atoms. The Labute approximate surface area is 180 Å². The lowest BCUT2D eigenvalue weighted by Gasteiger charge is -2.45. The maximum absolute atomic E-state index is 13.9. The second-order valence-corrected chi connectivity index (χ2v) is 7.24. The summed E-state index contributed by atoms with van der Waals surface area (Å²) >= 11 is 5.80. The van der Waals surface area contributed by atoms with Crippen molar-refractivity contribution in [1.82, 2.24) is 10.6 Å². The fraction of sp³-hybridized carbons (Fsp3) is 0.300. The Bertz CT molecular complexity index is 999. The topological polar surface area (TPSA) is 96.9 Å². The van der Waals surface area contributed by atoms with E-state index in [0.717, 1.165) is 0 Å². The zero-order chi connectivity index (χ0) is 23.0. The molecule has 0 aromatic heterocycles. The number of hydrogen-bond acceptors (Lipinski definition) is 5. The third-order valence-electron chi connectivity index (χ3n) is 4.98. The molecule has 2 aromatic carbocycles. The summed E-state index contributed by atoms with van der Waals surface area (Å²) in [6, 6.07) is 6.43. The molecule has 0 aliphatic carbocycles. The number of carbonyl (C=O) groups is 2. The molecule has 7 nitrogen and oxygen atoms in total. The first-order chi connectivity index (χ1) is 14.5. The number of hydrogen-bond donors (Lipinski definition) is 3. The second kappa shape index (κ2) is 8.27. The summed E-state index contributed by atoms with van der Waals surface area (Å²) in [6.45, 7) is 0. The van der Waals surface area contributed by atoms with Crippen molar-refractivity contribution in [2.45, 2.75) is 17.9 Å². The van der Waals surface area contributed by atoms with Gasteiger partial charge in [0, 0.05) is 10.6 Å². The Hall–Kier alpha value is -2.98. The highest BCUT2D eigenvalue weighted by molar-refractivity contribution is 6.30. The van der Waals surface area contributed by atoms with Crippen molar-refractivity contribution in [2.24, 2.45) is 5.92 Å². The van der Waals surface area contributed by atoms with Gasteiger partial charge >= 0.3 is 12.2 Å². The molecule has 0 bridgehead atoms. The van der Waals surface area contributed by atoms with Crippen LogP contribution >= 0.6 is 11.6 Å². The Kier molecular flexibility index (Phi) is 6.06. The van der Waals surface area contributed by atoms with Gasteiger partial charge in [-0.2, -0.15) is 13.2 Å². The summed E-state index contributed by atoms with van der Waals surface area (Å²) in [7, 11) is 2.70. The average molecular weight is 459 g/mol. The number of Topliss-reactive ketones (excluding diaryl/α,β-unsaturated/α-hetero) is 1. The molecule has 11 heteroatoms. The maximum atomic E-state index is 13.9. The molecule has 3 rings (SSSR count). The fourth-order valence-electron chi connectivity index (χ4n) is 3.46. The van der Waals surface area contributed by atoms with Gasteiger partial charge in [0.2, 0.25) is 5.72 Å². The minimum absolute atomic E-state index is 0.0995. The van der Waals surface area contributed by atoms with E-state index < -0.39 is 35.7 Å². The lowest BCUT2D eigenvalue weighted by molar-refractivity contribution is -0.287. The van der Waals surface area contributed by atoms with Gasteiger partial charge in [0.25, 0.3) is 0 Å². The van der Waals surface area contributed by atoms with E-state index in [9.17, 15) is 27.9 Å². The van der Waals surface area contributed by atoms with E-state index in [1.54, 1.807) is 0 Å². The quantitative estimate of drug-likeness (QED) is 0.596. The number of carbonyl (C=O) groups excluding carboxylic acids is 2. The second-order valence-electron chi connectivity index (χ2n) is 6.80. The highest BCUT2D eigenvalue weighted by Crippen LogP contribution is 2.45. The molecule has 3 atom stereocenters. The molecule has 1 fully saturated rings. The standard InChI is InChI=1S/C20H18ClF3N2O5/c1-30-13-8-5-11(9-14(13)31-2)16-15(17(27)10-3-6-12(21)7-4-10)19(29,20(22,23)24)26-18(28)25-16/h3-9,15-16,29H,1-2H3,(H2,25,26,28)/t15-,16+,19-/m1/s1. The van der Waals surface area contributed by atoms with Crippen LogP contribution in [-0.4, -0.2) is 43.0 Å². The van der Waals surface area contributed by atoms with E-state index in [4.69, 9.17) is 21.1 Å². The van der Waals surface area contributed by atoms with Crippen LogP contribution in [0.25, 0.3) is 0 Å². The summed E-state index contributed by atoms with van der Waals surface area (Å²) in [4.78, 5) is 25.3. The van der Waals surface area contributed by atoms with Gasteiger partial charge in [-0.25, -0.2) is 4.79 Å². The van der Waals surface area contributed by atoms with Gasteiger partial charge in [0.05, 0.1) is 20.3 Å². The lowest BCUT2D eigenvalue weighted by Crippen LogP contribution is -2.72. The molecule has 1 heterocycles. The van der Waals surface area contributed by atoms with Crippen molar-refractivity contribution in [3.05, 3.63) is 58.6 Å². The van der Waals surface area contributed by atoms with Gasteiger partial charge in [-0.1, -0.05) is 17.7 Å². The first-order valence-electron chi connectivity index (χ1n) is 8.91. The number of benzene rings is 2. The van der Waals surface area contributed by atoms with Gasteiger partial charge in [0.15, 0.2) is 17.3 Å². The van der Waals surface area contributed by atoms with Crippen LogP contribution in [0.3, 0.4) is 0 Å². The van der Waals surface area contributed by atoms with Gasteiger partial charge in [-0.05, 0) is 42.0 Å². The van der Waals surface area contributed by atoms with Crippen LogP contribution in [0.5, 0.6) is 11.5 Å². The summed E-state index contributed by atoms with van der Waals surface area (Å²) in [5.74, 6) is -2.76. The number of halogens is 4. The number of urea groups is 1. The average Bonchev–Trinajstić information content (AvgIpc) is 2.72. The minimum Gasteiger partial charge on any atom is -0.493 e. The predicted molar refractivity (Wildman–Crippen MR) is 104 cm³/mol. The number of methoxy groups -OCH3 is 2. The Morgan fingerprint density at radius 3 is 2.26 bits per heavy atom. The zero-order valence-corrected chi connectivity index (χ0v) is 17.0. The van der Waals surface area contributed by atoms with Crippen molar-refractivity contribution in [1.29, 1.82) is 0 Å². The molecular weight excluding hydrogens is 441 g/mol. The summed E-state index contributed by atoms with van der Waals surface area (Å²) < 4.78 is 52.1. The smallest absolute Gasteiger partial charge is 0.437 e. The monoisotopic (exact) mass is 458 g/mol. The highest BCUT2D eigenvalue weighted by atomic mass is 35.5. The molecule has 1 saturated heterocycles. The molecule has 2 aromatic rings. The van der Waals surface area contributed by atoms with Crippen molar-refractivity contribution >= 4 is 23.4 Å². The van der Waals surface area contributed by atoms with E-state index in [0.29, 0.717) is 0 Å². The maximum Gasteiger partial charge on any atom is 0.437 e. The Balaban J connectivity index is 2.18. The van der Waals surface area contributed by atoms with Crippen LogP contribution < -0.4 is 20.1 Å². The van der Waals surface area contributed by atoms with Crippen LogP contribution in [-0.2, 0) is 0 Å². The summed E-state index contributed by atoms with van der Waals surface area (Å²) in [5.41, 5.74) is -3.85. The van der Waals surface area contributed by atoms with Crippen molar-refractivity contribution in [3.63, 3.8) is 0 Å². The predicted octanol–water partition coefficient (Wildman–Crippen LogP) is 3.46. The van der Waals surface area contributed by atoms with Crippen LogP contribution in [0.2, 0.25) is 5.02 Å². The molecular formula is C20H18ClF3N2O5. The normalized spacial score (nSPS) is 23.5. The first-order valence-corrected chi connectivity index (χ1v) is 9.29. The van der Waals surface area contributed by atoms with Crippen LogP contribution in [0.15, 0.2) is 42.5 Å². The molecule has 2 amide bonds. The third-order valence-corrected chi connectivity index (χ3v) is 5.24. The summed E-state index contributed by atoms with van der Waals surface area (Å²) in [6.07, 6.45) is -5.35. The molecule has 0 radical (unpaired) electrons. The Morgan fingerprint density at radius 2 is 1.71 bits per heavy atom. The summed E-state index contributed by atoms with van der Waals surface area (Å²) in [5, 5.41) is 14.6. The molecule has 1 aliphatic rings. The lowest BCUT2D eigenvalue weighted by atomic mass is 9.77. The number of ether oxygens (including phenoxy) is 2. The number of nitrogens with one attached hydrogen (secondary N) is 2. The number of aliphatic hydroxyl groups is 1. The fourth-order valence-corrected chi connectivity index (χ4v) is 3.58. The van der Waals surface area contributed by atoms with Gasteiger partial charge in [-0.15, -0.1) is 0 Å². The number of ketones is 1. The number of alkyl halides is 3. The zero-order valence-electron chi connectivity index (χ0n) is 16.3. The molecule has 166 valence electrons. The first kappa shape index (κ1) is 22.7. The van der Waals surface area contributed by atoms with Gasteiger partial charge in [0.1, 0.15) is 5.92 Å². The number of amides is 2. The van der Waals surface area contributed by atoms with Gasteiger partial charge in [-0.3, -0.25) is 4.79 Å². The van der Waals surface area contributed by atoms with E-state index in [2.05, 4.69) is 5.32 Å². The van der Waals surface area contributed by atoms with Crippen molar-refractivity contribution < 1.29 is 37.3 Å². The van der Waals surface area contributed by atoms with Crippen LogP contribution in [0, 0.1) is 5.92 Å². The van der Waals surface area contributed by atoms with E-state index in [1.165, 1.54) is 62.0 Å². The molecule has 0 saturated carbocycles. The Morgan fingerprint density at radius 1 is 1.10 bits per heavy atom. The van der Waals surface area contributed by atoms with Gasteiger partial charge < -0.3 is 25.2 Å². The third kappa shape index (κ3) is 4.13. The molecule has 0 spiro atoms. The van der Waals surface area contributed by atoms with E-state index >= 15 is 0 Å². The molecule has 0 unspecified atom stereocenters. The van der Waals surface area contributed by atoms with E-state index in [-0.39, 0.29) is 27.6 Å². The van der Waals surface area contributed by atoms with E-state index in [1.807, 2.05) is 0 Å².